The van der Waals surface area contributed by atoms with Gasteiger partial charge < -0.3 is 14.8 Å². The maximum absolute atomic E-state index is 11.8. The average Bonchev–Trinajstić information content (AvgIpc) is 2.60. The summed E-state index contributed by atoms with van der Waals surface area (Å²) in [6.45, 7) is 1.11. The molecule has 2 aromatic carbocycles. The number of esters is 1. The second-order valence-corrected chi connectivity index (χ2v) is 6.07. The Morgan fingerprint density at radius 3 is 2.48 bits per heavy atom. The molecule has 0 spiro atoms. The van der Waals surface area contributed by atoms with Crippen molar-refractivity contribution in [1.29, 1.82) is 0 Å². The first-order valence-electron chi connectivity index (χ1n) is 7.53. The second-order valence-electron chi connectivity index (χ2n) is 5.22. The van der Waals surface area contributed by atoms with Crippen molar-refractivity contribution in [3.8, 4) is 5.75 Å². The molecule has 0 radical (unpaired) electrons. The Morgan fingerprint density at radius 1 is 1.08 bits per heavy atom. The zero-order chi connectivity index (χ0) is 18.2. The molecule has 0 heterocycles. The van der Waals surface area contributed by atoms with Gasteiger partial charge in [-0.15, -0.1) is 0 Å². The normalized spacial score (nSPS) is 11.5. The monoisotopic (exact) mass is 381 g/mol. The van der Waals surface area contributed by atoms with Gasteiger partial charge in [-0.3, -0.25) is 4.79 Å². The summed E-state index contributed by atoms with van der Waals surface area (Å²) in [6, 6.07) is 13.9. The summed E-state index contributed by atoms with van der Waals surface area (Å²) in [5.74, 6) is -0.757. The number of benzene rings is 2. The van der Waals surface area contributed by atoms with Gasteiger partial charge in [0.05, 0.1) is 11.1 Å². The lowest BCUT2D eigenvalue weighted by atomic mass is 10.1. The van der Waals surface area contributed by atoms with Gasteiger partial charge >= 0.3 is 5.97 Å². The van der Waals surface area contributed by atoms with Gasteiger partial charge in [0.15, 0.2) is 13.2 Å². The Balaban J connectivity index is 1.73. The third kappa shape index (κ3) is 6.29. The molecule has 0 aliphatic heterocycles. The van der Waals surface area contributed by atoms with Crippen molar-refractivity contribution in [3.63, 3.8) is 0 Å². The zero-order valence-electron chi connectivity index (χ0n) is 13.5. The Bertz CT molecular complexity index is 737. The van der Waals surface area contributed by atoms with Crippen LogP contribution in [-0.4, -0.2) is 25.1 Å². The first kappa shape index (κ1) is 19.1. The van der Waals surface area contributed by atoms with Gasteiger partial charge in [0.2, 0.25) is 0 Å². The van der Waals surface area contributed by atoms with E-state index in [2.05, 4.69) is 5.32 Å². The van der Waals surface area contributed by atoms with E-state index in [1.807, 2.05) is 37.3 Å². The summed E-state index contributed by atoms with van der Waals surface area (Å²) in [5, 5.41) is 3.50. The van der Waals surface area contributed by atoms with E-state index in [1.54, 1.807) is 12.1 Å². The summed E-state index contributed by atoms with van der Waals surface area (Å²) in [6.07, 6.45) is 0. The molecule has 0 aromatic heterocycles. The van der Waals surface area contributed by atoms with Gasteiger partial charge in [-0.05, 0) is 30.7 Å². The number of amides is 1. The Labute approximate surface area is 155 Å². The molecule has 5 nitrogen and oxygen atoms in total. The number of hydrogen-bond donors (Lipinski definition) is 1. The fourth-order valence-corrected chi connectivity index (χ4v) is 2.49. The minimum Gasteiger partial charge on any atom is -0.480 e. The fraction of sp³-hybridized carbons (Fsp3) is 0.222. The molecule has 1 atom stereocenters. The fourth-order valence-electron chi connectivity index (χ4n) is 2.02. The minimum atomic E-state index is -0.673. The van der Waals surface area contributed by atoms with Gasteiger partial charge in [-0.25, -0.2) is 4.79 Å². The molecule has 0 bridgehead atoms. The number of carbonyl (C=O) groups is 2. The molecule has 0 aliphatic carbocycles. The van der Waals surface area contributed by atoms with Crippen LogP contribution >= 0.6 is 23.2 Å². The Morgan fingerprint density at radius 2 is 1.80 bits per heavy atom. The minimum absolute atomic E-state index is 0.184. The van der Waals surface area contributed by atoms with Crippen molar-refractivity contribution in [2.45, 2.75) is 13.0 Å². The van der Waals surface area contributed by atoms with Crippen molar-refractivity contribution in [2.75, 3.05) is 13.2 Å². The van der Waals surface area contributed by atoms with Crippen molar-refractivity contribution >= 4 is 35.1 Å². The second kappa shape index (κ2) is 9.30. The zero-order valence-corrected chi connectivity index (χ0v) is 15.0. The third-order valence-electron chi connectivity index (χ3n) is 3.28. The van der Waals surface area contributed by atoms with E-state index in [4.69, 9.17) is 32.7 Å². The van der Waals surface area contributed by atoms with Crippen molar-refractivity contribution in [1.82, 2.24) is 5.32 Å². The van der Waals surface area contributed by atoms with Gasteiger partial charge in [-0.2, -0.15) is 0 Å². The van der Waals surface area contributed by atoms with Gasteiger partial charge in [0.1, 0.15) is 5.75 Å². The highest BCUT2D eigenvalue weighted by atomic mass is 35.5. The summed E-state index contributed by atoms with van der Waals surface area (Å²) in [7, 11) is 0. The highest BCUT2D eigenvalue weighted by Crippen LogP contribution is 2.27. The van der Waals surface area contributed by atoms with E-state index in [-0.39, 0.29) is 24.3 Å². The van der Waals surface area contributed by atoms with Crippen LogP contribution < -0.4 is 10.1 Å². The largest absolute Gasteiger partial charge is 0.480 e. The summed E-state index contributed by atoms with van der Waals surface area (Å²) >= 11 is 11.7. The molecule has 7 heteroatoms. The predicted molar refractivity (Wildman–Crippen MR) is 95.9 cm³/mol. The molecule has 0 aliphatic rings. The maximum Gasteiger partial charge on any atom is 0.344 e. The molecule has 0 fully saturated rings. The van der Waals surface area contributed by atoms with E-state index in [9.17, 15) is 9.59 Å². The Kier molecular flexibility index (Phi) is 7.10. The van der Waals surface area contributed by atoms with Crippen molar-refractivity contribution in [3.05, 3.63) is 64.1 Å². The van der Waals surface area contributed by atoms with Crippen LogP contribution in [0.25, 0.3) is 0 Å². The van der Waals surface area contributed by atoms with Gasteiger partial charge in [0.25, 0.3) is 5.91 Å². The van der Waals surface area contributed by atoms with E-state index < -0.39 is 11.9 Å². The Hall–Kier alpha value is -2.24. The van der Waals surface area contributed by atoms with Crippen LogP contribution in [0.15, 0.2) is 48.5 Å². The lowest BCUT2D eigenvalue weighted by Crippen LogP contribution is -2.31. The predicted octanol–water partition coefficient (Wildman–Crippen LogP) is 3.79. The molecule has 2 aromatic rings. The number of nitrogens with one attached hydrogen (secondary N) is 1. The van der Waals surface area contributed by atoms with Crippen LogP contribution in [0, 0.1) is 0 Å². The quantitative estimate of drug-likeness (QED) is 0.740. The maximum atomic E-state index is 11.8. The van der Waals surface area contributed by atoms with E-state index >= 15 is 0 Å². The average molecular weight is 382 g/mol. The van der Waals surface area contributed by atoms with Crippen molar-refractivity contribution < 1.29 is 19.1 Å². The summed E-state index contributed by atoms with van der Waals surface area (Å²) < 4.78 is 10.1. The summed E-state index contributed by atoms with van der Waals surface area (Å²) in [5.41, 5.74) is 0.961. The molecule has 1 amide bonds. The molecule has 132 valence electrons. The molecular weight excluding hydrogens is 365 g/mol. The highest BCUT2D eigenvalue weighted by Gasteiger charge is 2.13. The van der Waals surface area contributed by atoms with Crippen molar-refractivity contribution in [2.24, 2.45) is 0 Å². The summed E-state index contributed by atoms with van der Waals surface area (Å²) in [4.78, 5) is 23.5. The number of rotatable bonds is 7. The standard InChI is InChI=1S/C18H17Cl2NO4/c1-12(13-5-3-2-4-6-13)21-17(22)10-25-18(23)11-24-16-8-7-14(19)9-15(16)20/h2-9,12H,10-11H2,1H3,(H,21,22)/t12-/m1/s1. The van der Waals surface area contributed by atoms with E-state index in [1.165, 1.54) is 6.07 Å². The van der Waals surface area contributed by atoms with Gasteiger partial charge in [-0.1, -0.05) is 53.5 Å². The smallest absolute Gasteiger partial charge is 0.344 e. The number of hydrogen-bond acceptors (Lipinski definition) is 4. The lowest BCUT2D eigenvalue weighted by Gasteiger charge is -2.14. The first-order chi connectivity index (χ1) is 12.0. The van der Waals surface area contributed by atoms with E-state index in [0.717, 1.165) is 5.56 Å². The van der Waals surface area contributed by atoms with Crippen LogP contribution in [0.2, 0.25) is 10.0 Å². The van der Waals surface area contributed by atoms with Crippen LogP contribution in [0.4, 0.5) is 0 Å². The SMILES string of the molecule is C[C@@H](NC(=O)COC(=O)COc1ccc(Cl)cc1Cl)c1ccccc1. The number of ether oxygens (including phenoxy) is 2. The molecule has 2 rings (SSSR count). The van der Waals surface area contributed by atoms with Crippen LogP contribution in [-0.2, 0) is 14.3 Å². The van der Waals surface area contributed by atoms with Crippen LogP contribution in [0.5, 0.6) is 5.75 Å². The van der Waals surface area contributed by atoms with E-state index in [0.29, 0.717) is 10.8 Å². The van der Waals surface area contributed by atoms with Gasteiger partial charge in [0, 0.05) is 5.02 Å². The first-order valence-corrected chi connectivity index (χ1v) is 8.29. The molecule has 0 saturated heterocycles. The number of carbonyl (C=O) groups excluding carboxylic acids is 2. The number of halogens is 2. The van der Waals surface area contributed by atoms with Crippen LogP contribution in [0.1, 0.15) is 18.5 Å². The lowest BCUT2D eigenvalue weighted by molar-refractivity contribution is -0.150. The molecule has 0 unspecified atom stereocenters. The third-order valence-corrected chi connectivity index (χ3v) is 3.81. The highest BCUT2D eigenvalue weighted by molar-refractivity contribution is 6.35. The molecule has 25 heavy (non-hydrogen) atoms. The topological polar surface area (TPSA) is 64.6 Å². The molecular formula is C18H17Cl2NO4. The van der Waals surface area contributed by atoms with Crippen LogP contribution in [0.3, 0.4) is 0 Å². The molecule has 0 saturated carbocycles. The molecule has 1 N–H and O–H groups in total.